The van der Waals surface area contributed by atoms with Gasteiger partial charge in [-0.15, -0.1) is 0 Å². The van der Waals surface area contributed by atoms with Crippen LogP contribution in [0.25, 0.3) is 10.9 Å². The number of anilines is 1. The first-order chi connectivity index (χ1) is 13.7. The van der Waals surface area contributed by atoms with Gasteiger partial charge in [0.05, 0.1) is 0 Å². The molecule has 5 rings (SSSR count). The third-order valence-electron chi connectivity index (χ3n) is 6.00. The van der Waals surface area contributed by atoms with Crippen molar-refractivity contribution in [3.8, 4) is 5.75 Å². The number of fused-ring (bicyclic) bond motifs is 2. The van der Waals surface area contributed by atoms with E-state index in [9.17, 15) is 4.79 Å². The van der Waals surface area contributed by atoms with Gasteiger partial charge in [0.15, 0.2) is 0 Å². The smallest absolute Gasteiger partial charge is 0.321 e. The zero-order chi connectivity index (χ0) is 19.1. The number of benzene rings is 2. The third kappa shape index (κ3) is 3.11. The fraction of sp³-hybridized carbons (Fsp3) is 0.348. The second-order valence-electron chi connectivity index (χ2n) is 7.93. The van der Waals surface area contributed by atoms with Crippen LogP contribution in [0.4, 0.5) is 10.5 Å². The molecule has 2 aliphatic rings. The number of aromatic nitrogens is 1. The Labute approximate surface area is 164 Å². The van der Waals surface area contributed by atoms with E-state index >= 15 is 0 Å². The predicted molar refractivity (Wildman–Crippen MR) is 111 cm³/mol. The van der Waals surface area contributed by atoms with Gasteiger partial charge in [-0.25, -0.2) is 4.79 Å². The summed E-state index contributed by atoms with van der Waals surface area (Å²) < 4.78 is 5.74. The first-order valence-corrected chi connectivity index (χ1v) is 10.1. The van der Waals surface area contributed by atoms with Crippen molar-refractivity contribution < 1.29 is 9.53 Å². The SMILES string of the molecule is CC1Cc2cc(NC(=O)N3CCC(c4cccc5[nH]ccc45)CC3)ccc2O1. The molecule has 1 aromatic heterocycles. The maximum atomic E-state index is 12.7. The van der Waals surface area contributed by atoms with Crippen LogP contribution in [0.15, 0.2) is 48.7 Å². The van der Waals surface area contributed by atoms with Crippen LogP contribution in [0.3, 0.4) is 0 Å². The number of nitrogens with zero attached hydrogens (tertiary/aromatic N) is 1. The molecule has 1 saturated heterocycles. The fourth-order valence-corrected chi connectivity index (χ4v) is 4.56. The van der Waals surface area contributed by atoms with Crippen LogP contribution < -0.4 is 10.1 Å². The van der Waals surface area contributed by atoms with Crippen LogP contribution >= 0.6 is 0 Å². The van der Waals surface area contributed by atoms with Gasteiger partial charge in [0.1, 0.15) is 11.9 Å². The van der Waals surface area contributed by atoms with Gasteiger partial charge < -0.3 is 19.9 Å². The molecule has 0 spiro atoms. The van der Waals surface area contributed by atoms with Crippen LogP contribution in [-0.2, 0) is 6.42 Å². The summed E-state index contributed by atoms with van der Waals surface area (Å²) in [5.74, 6) is 1.44. The highest BCUT2D eigenvalue weighted by Crippen LogP contribution is 2.34. The number of piperidine rings is 1. The lowest BCUT2D eigenvalue weighted by Crippen LogP contribution is -2.40. The van der Waals surface area contributed by atoms with E-state index in [1.807, 2.05) is 29.3 Å². The van der Waals surface area contributed by atoms with Crippen LogP contribution in [0.5, 0.6) is 5.75 Å². The van der Waals surface area contributed by atoms with Crippen molar-refractivity contribution >= 4 is 22.6 Å². The minimum absolute atomic E-state index is 0.00906. The number of rotatable bonds is 2. The maximum absolute atomic E-state index is 12.7. The molecule has 0 aliphatic carbocycles. The van der Waals surface area contributed by atoms with Crippen molar-refractivity contribution in [1.29, 1.82) is 0 Å². The van der Waals surface area contributed by atoms with E-state index in [0.29, 0.717) is 5.92 Å². The number of nitrogens with one attached hydrogen (secondary N) is 2. The average Bonchev–Trinajstić information content (AvgIpc) is 3.33. The molecule has 2 N–H and O–H groups in total. The van der Waals surface area contributed by atoms with E-state index in [0.717, 1.165) is 43.8 Å². The second-order valence-corrected chi connectivity index (χ2v) is 7.93. The Bertz CT molecular complexity index is 1020. The Morgan fingerprint density at radius 2 is 2.04 bits per heavy atom. The standard InChI is InChI=1S/C23H25N3O2/c1-15-13-17-14-18(5-6-22(17)28-15)25-23(27)26-11-8-16(9-12-26)19-3-2-4-21-20(19)7-10-24-21/h2-7,10,14-16,24H,8-9,11-13H2,1H3,(H,25,27). The molecule has 0 saturated carbocycles. The van der Waals surface area contributed by atoms with Gasteiger partial charge in [-0.05, 0) is 67.1 Å². The Balaban J connectivity index is 1.23. The minimum atomic E-state index is -0.00906. The summed E-state index contributed by atoms with van der Waals surface area (Å²) >= 11 is 0. The monoisotopic (exact) mass is 375 g/mol. The van der Waals surface area contributed by atoms with Crippen molar-refractivity contribution in [2.75, 3.05) is 18.4 Å². The topological polar surface area (TPSA) is 57.4 Å². The predicted octanol–water partition coefficient (Wildman–Crippen LogP) is 4.90. The molecule has 28 heavy (non-hydrogen) atoms. The molecule has 0 radical (unpaired) electrons. The summed E-state index contributed by atoms with van der Waals surface area (Å²) in [5.41, 5.74) is 4.60. The Morgan fingerprint density at radius 1 is 1.18 bits per heavy atom. The molecular weight excluding hydrogens is 350 g/mol. The van der Waals surface area contributed by atoms with Gasteiger partial charge in [0.2, 0.25) is 0 Å². The summed E-state index contributed by atoms with van der Waals surface area (Å²) in [6.07, 6.45) is 5.10. The number of hydrogen-bond acceptors (Lipinski definition) is 2. The molecule has 0 bridgehead atoms. The highest BCUT2D eigenvalue weighted by atomic mass is 16.5. The maximum Gasteiger partial charge on any atom is 0.321 e. The van der Waals surface area contributed by atoms with E-state index in [1.54, 1.807) is 0 Å². The number of aromatic amines is 1. The summed E-state index contributed by atoms with van der Waals surface area (Å²) in [7, 11) is 0. The number of hydrogen-bond donors (Lipinski definition) is 2. The summed E-state index contributed by atoms with van der Waals surface area (Å²) in [4.78, 5) is 17.9. The van der Waals surface area contributed by atoms with Gasteiger partial charge in [0.25, 0.3) is 0 Å². The fourth-order valence-electron chi connectivity index (χ4n) is 4.56. The van der Waals surface area contributed by atoms with E-state index < -0.39 is 0 Å². The first kappa shape index (κ1) is 17.2. The number of amides is 2. The van der Waals surface area contributed by atoms with E-state index in [-0.39, 0.29) is 12.1 Å². The van der Waals surface area contributed by atoms with Gasteiger partial charge in [-0.2, -0.15) is 0 Å². The lowest BCUT2D eigenvalue weighted by molar-refractivity contribution is 0.195. The van der Waals surface area contributed by atoms with E-state index in [4.69, 9.17) is 4.74 Å². The zero-order valence-corrected chi connectivity index (χ0v) is 16.1. The Kier molecular flexibility index (Phi) is 4.23. The Morgan fingerprint density at radius 3 is 2.89 bits per heavy atom. The molecule has 1 atom stereocenters. The van der Waals surface area contributed by atoms with Crippen molar-refractivity contribution in [2.45, 2.75) is 38.2 Å². The number of carbonyl (C=O) groups is 1. The molecule has 3 aromatic rings. The summed E-state index contributed by atoms with van der Waals surface area (Å²) in [6, 6.07) is 14.5. The minimum Gasteiger partial charge on any atom is -0.490 e. The lowest BCUT2D eigenvalue weighted by atomic mass is 9.87. The molecule has 2 aliphatic heterocycles. The number of urea groups is 1. The molecule has 2 aromatic carbocycles. The average molecular weight is 375 g/mol. The first-order valence-electron chi connectivity index (χ1n) is 10.1. The number of ether oxygens (including phenoxy) is 1. The number of H-pyrrole nitrogens is 1. The van der Waals surface area contributed by atoms with Gasteiger partial charge in [0, 0.05) is 42.3 Å². The van der Waals surface area contributed by atoms with Gasteiger partial charge in [-0.3, -0.25) is 0 Å². The quantitative estimate of drug-likeness (QED) is 0.669. The van der Waals surface area contributed by atoms with Gasteiger partial charge in [-0.1, -0.05) is 12.1 Å². The highest BCUT2D eigenvalue weighted by Gasteiger charge is 2.25. The van der Waals surface area contributed by atoms with E-state index in [1.165, 1.54) is 22.0 Å². The second kappa shape index (κ2) is 6.89. The molecular formula is C23H25N3O2. The molecule has 144 valence electrons. The molecule has 1 fully saturated rings. The molecule has 5 nitrogen and oxygen atoms in total. The lowest BCUT2D eigenvalue weighted by Gasteiger charge is -2.32. The van der Waals surface area contributed by atoms with Crippen molar-refractivity contribution in [1.82, 2.24) is 9.88 Å². The van der Waals surface area contributed by atoms with Crippen molar-refractivity contribution in [3.05, 3.63) is 59.8 Å². The Hall–Kier alpha value is -2.95. The molecule has 1 unspecified atom stereocenters. The van der Waals surface area contributed by atoms with Crippen LogP contribution in [-0.4, -0.2) is 35.1 Å². The van der Waals surface area contributed by atoms with Crippen molar-refractivity contribution in [3.63, 3.8) is 0 Å². The summed E-state index contributed by atoms with van der Waals surface area (Å²) in [6.45, 7) is 3.63. The van der Waals surface area contributed by atoms with Crippen LogP contribution in [0.1, 0.15) is 36.8 Å². The largest absolute Gasteiger partial charge is 0.490 e. The zero-order valence-electron chi connectivity index (χ0n) is 16.1. The summed E-state index contributed by atoms with van der Waals surface area (Å²) in [5, 5.41) is 4.37. The van der Waals surface area contributed by atoms with Crippen molar-refractivity contribution in [2.24, 2.45) is 0 Å². The highest BCUT2D eigenvalue weighted by molar-refractivity contribution is 5.89. The van der Waals surface area contributed by atoms with E-state index in [2.05, 4.69) is 41.5 Å². The van der Waals surface area contributed by atoms with Gasteiger partial charge >= 0.3 is 6.03 Å². The van der Waals surface area contributed by atoms with Crippen LogP contribution in [0.2, 0.25) is 0 Å². The number of likely N-dealkylation sites (tertiary alicyclic amines) is 1. The normalized spacial score (nSPS) is 19.5. The van der Waals surface area contributed by atoms with Crippen LogP contribution in [0, 0.1) is 0 Å². The third-order valence-corrected chi connectivity index (χ3v) is 6.00. The molecule has 2 amide bonds. The molecule has 3 heterocycles. The number of carbonyl (C=O) groups excluding carboxylic acids is 1. The molecule has 5 heteroatoms.